The number of hydrogen-bond donors (Lipinski definition) is 0. The average Bonchev–Trinajstić information content (AvgIpc) is 2.68. The Kier molecular flexibility index (Phi) is 4.88. The number of ether oxygens (including phenoxy) is 2. The summed E-state index contributed by atoms with van der Waals surface area (Å²) in [5.41, 5.74) is 0. The number of imide groups is 1. The molecule has 1 atom stereocenters. The molecular formula is C12H17NO5. The third-order valence-corrected chi connectivity index (χ3v) is 2.56. The van der Waals surface area contributed by atoms with Gasteiger partial charge in [-0.05, 0) is 12.8 Å². The van der Waals surface area contributed by atoms with Gasteiger partial charge in [0.1, 0.15) is 6.61 Å². The number of esters is 1. The van der Waals surface area contributed by atoms with Gasteiger partial charge in [0.25, 0.3) is 5.91 Å². The Bertz CT molecular complexity index is 375. The molecule has 2 amide bonds. The van der Waals surface area contributed by atoms with E-state index in [9.17, 15) is 14.4 Å². The minimum Gasteiger partial charge on any atom is -0.463 e. The van der Waals surface area contributed by atoms with Crippen molar-refractivity contribution in [1.29, 1.82) is 0 Å². The highest BCUT2D eigenvalue weighted by Gasteiger charge is 2.38. The summed E-state index contributed by atoms with van der Waals surface area (Å²) in [6.07, 6.45) is 1.36. The second kappa shape index (κ2) is 6.18. The van der Waals surface area contributed by atoms with Crippen LogP contribution < -0.4 is 0 Å². The van der Waals surface area contributed by atoms with E-state index < -0.39 is 18.0 Å². The predicted molar refractivity (Wildman–Crippen MR) is 62.6 cm³/mol. The average molecular weight is 255 g/mol. The Balaban J connectivity index is 2.70. The number of rotatable bonds is 4. The van der Waals surface area contributed by atoms with Crippen LogP contribution in [0.4, 0.5) is 4.79 Å². The van der Waals surface area contributed by atoms with Crippen molar-refractivity contribution >= 4 is 18.0 Å². The molecule has 1 saturated heterocycles. The van der Waals surface area contributed by atoms with Crippen LogP contribution in [0.1, 0.15) is 20.8 Å². The zero-order valence-corrected chi connectivity index (χ0v) is 10.7. The zero-order chi connectivity index (χ0) is 13.7. The molecule has 0 unspecified atom stereocenters. The Labute approximate surface area is 106 Å². The molecule has 1 aliphatic heterocycles. The van der Waals surface area contributed by atoms with E-state index >= 15 is 0 Å². The van der Waals surface area contributed by atoms with Crippen molar-refractivity contribution in [2.75, 3.05) is 13.2 Å². The molecule has 0 aliphatic carbocycles. The van der Waals surface area contributed by atoms with Gasteiger partial charge in [-0.2, -0.15) is 0 Å². The Morgan fingerprint density at radius 2 is 2.17 bits per heavy atom. The van der Waals surface area contributed by atoms with Gasteiger partial charge in [0.2, 0.25) is 0 Å². The first kappa shape index (κ1) is 14.2. The van der Waals surface area contributed by atoms with Crippen molar-refractivity contribution in [2.24, 2.45) is 5.92 Å². The van der Waals surface area contributed by atoms with Crippen LogP contribution in [-0.2, 0) is 19.1 Å². The van der Waals surface area contributed by atoms with Crippen molar-refractivity contribution in [2.45, 2.75) is 26.8 Å². The summed E-state index contributed by atoms with van der Waals surface area (Å²) < 4.78 is 9.47. The van der Waals surface area contributed by atoms with Gasteiger partial charge in [0.15, 0.2) is 0 Å². The summed E-state index contributed by atoms with van der Waals surface area (Å²) in [6.45, 7) is 5.87. The molecule has 6 heteroatoms. The molecule has 6 nitrogen and oxygen atoms in total. The molecule has 100 valence electrons. The number of carbonyl (C=O) groups is 3. The molecule has 1 heterocycles. The molecular weight excluding hydrogens is 238 g/mol. The summed E-state index contributed by atoms with van der Waals surface area (Å²) in [7, 11) is 0. The Hall–Kier alpha value is -1.85. The lowest BCUT2D eigenvalue weighted by Gasteiger charge is -2.20. The van der Waals surface area contributed by atoms with Crippen LogP contribution in [0, 0.1) is 5.92 Å². The Morgan fingerprint density at radius 1 is 1.50 bits per heavy atom. The fourth-order valence-corrected chi connectivity index (χ4v) is 1.59. The molecule has 0 radical (unpaired) electrons. The molecule has 18 heavy (non-hydrogen) atoms. The van der Waals surface area contributed by atoms with E-state index in [4.69, 9.17) is 4.74 Å². The van der Waals surface area contributed by atoms with Crippen LogP contribution in [0.3, 0.4) is 0 Å². The molecule has 0 aromatic carbocycles. The standard InChI is InChI=1S/C12H17NO5/c1-4-17-11(15)6-5-10(14)13-9(8(2)3)7-18-12(13)16/h5-6,8-9H,4,7H2,1-3H3/b6-5+/t9-/m1/s1. The van der Waals surface area contributed by atoms with E-state index in [0.29, 0.717) is 0 Å². The maximum atomic E-state index is 11.8. The van der Waals surface area contributed by atoms with E-state index in [1.54, 1.807) is 6.92 Å². The second-order valence-corrected chi connectivity index (χ2v) is 4.18. The van der Waals surface area contributed by atoms with Crippen LogP contribution in [-0.4, -0.2) is 42.1 Å². The first-order valence-electron chi connectivity index (χ1n) is 5.82. The van der Waals surface area contributed by atoms with Gasteiger partial charge in [-0.3, -0.25) is 4.79 Å². The fraction of sp³-hybridized carbons (Fsp3) is 0.583. The maximum absolute atomic E-state index is 11.8. The van der Waals surface area contributed by atoms with Gasteiger partial charge < -0.3 is 9.47 Å². The van der Waals surface area contributed by atoms with E-state index in [1.165, 1.54) is 0 Å². The largest absolute Gasteiger partial charge is 0.463 e. The first-order chi connectivity index (χ1) is 8.47. The van der Waals surface area contributed by atoms with Crippen molar-refractivity contribution < 1.29 is 23.9 Å². The lowest BCUT2D eigenvalue weighted by molar-refractivity contribution is -0.137. The van der Waals surface area contributed by atoms with Crippen LogP contribution in [0.5, 0.6) is 0 Å². The Morgan fingerprint density at radius 3 is 2.72 bits per heavy atom. The molecule has 0 bridgehead atoms. The molecule has 0 aromatic heterocycles. The monoisotopic (exact) mass is 255 g/mol. The lowest BCUT2D eigenvalue weighted by atomic mass is 10.0. The smallest absolute Gasteiger partial charge is 0.417 e. The predicted octanol–water partition coefficient (Wildman–Crippen LogP) is 1.11. The number of hydrogen-bond acceptors (Lipinski definition) is 5. The summed E-state index contributed by atoms with van der Waals surface area (Å²) in [4.78, 5) is 35.3. The SMILES string of the molecule is CCOC(=O)/C=C/C(=O)N1C(=O)OC[C@@H]1C(C)C. The topological polar surface area (TPSA) is 72.9 Å². The molecule has 0 N–H and O–H groups in total. The minimum absolute atomic E-state index is 0.0939. The summed E-state index contributed by atoms with van der Waals surface area (Å²) in [5.74, 6) is -1.08. The first-order valence-corrected chi connectivity index (χ1v) is 5.82. The molecule has 0 aromatic rings. The van der Waals surface area contributed by atoms with E-state index in [0.717, 1.165) is 17.1 Å². The number of amides is 2. The zero-order valence-electron chi connectivity index (χ0n) is 10.7. The van der Waals surface area contributed by atoms with Gasteiger partial charge in [-0.15, -0.1) is 0 Å². The molecule has 1 aliphatic rings. The summed E-state index contributed by atoms with van der Waals surface area (Å²) in [6, 6.07) is -0.295. The van der Waals surface area contributed by atoms with Crippen LogP contribution >= 0.6 is 0 Å². The highest BCUT2D eigenvalue weighted by molar-refractivity contribution is 6.02. The third-order valence-electron chi connectivity index (χ3n) is 2.56. The van der Waals surface area contributed by atoms with E-state index in [2.05, 4.69) is 4.74 Å². The minimum atomic E-state index is -0.674. The fourth-order valence-electron chi connectivity index (χ4n) is 1.59. The van der Waals surface area contributed by atoms with E-state index in [1.807, 2.05) is 13.8 Å². The molecule has 0 spiro atoms. The van der Waals surface area contributed by atoms with Crippen LogP contribution in [0.25, 0.3) is 0 Å². The van der Waals surface area contributed by atoms with Crippen molar-refractivity contribution in [3.63, 3.8) is 0 Å². The van der Waals surface area contributed by atoms with Gasteiger partial charge in [-0.1, -0.05) is 13.8 Å². The lowest BCUT2D eigenvalue weighted by Crippen LogP contribution is -2.40. The molecule has 1 fully saturated rings. The maximum Gasteiger partial charge on any atom is 0.417 e. The number of nitrogens with zero attached hydrogens (tertiary/aromatic N) is 1. The van der Waals surface area contributed by atoms with Crippen molar-refractivity contribution in [3.05, 3.63) is 12.2 Å². The van der Waals surface area contributed by atoms with Gasteiger partial charge in [-0.25, -0.2) is 14.5 Å². The number of cyclic esters (lactones) is 1. The van der Waals surface area contributed by atoms with Gasteiger partial charge in [0.05, 0.1) is 12.6 Å². The molecule has 0 saturated carbocycles. The van der Waals surface area contributed by atoms with Crippen molar-refractivity contribution in [1.82, 2.24) is 4.90 Å². The van der Waals surface area contributed by atoms with Gasteiger partial charge >= 0.3 is 12.1 Å². The molecule has 1 rings (SSSR count). The van der Waals surface area contributed by atoms with Crippen LogP contribution in [0.2, 0.25) is 0 Å². The highest BCUT2D eigenvalue weighted by atomic mass is 16.6. The third kappa shape index (κ3) is 3.32. The van der Waals surface area contributed by atoms with E-state index in [-0.39, 0.29) is 25.2 Å². The van der Waals surface area contributed by atoms with Crippen molar-refractivity contribution in [3.8, 4) is 0 Å². The summed E-state index contributed by atoms with van der Waals surface area (Å²) in [5, 5.41) is 0. The number of carbonyl (C=O) groups excluding carboxylic acids is 3. The second-order valence-electron chi connectivity index (χ2n) is 4.18. The van der Waals surface area contributed by atoms with Gasteiger partial charge in [0, 0.05) is 12.2 Å². The highest BCUT2D eigenvalue weighted by Crippen LogP contribution is 2.19. The quantitative estimate of drug-likeness (QED) is 0.555. The summed E-state index contributed by atoms with van der Waals surface area (Å²) >= 11 is 0. The van der Waals surface area contributed by atoms with Crippen LogP contribution in [0.15, 0.2) is 12.2 Å². The normalized spacial score (nSPS) is 19.4.